The molecule has 8 heteroatoms. The molecule has 0 aliphatic heterocycles. The molecule has 0 atom stereocenters. The van der Waals surface area contributed by atoms with E-state index < -0.39 is 5.67 Å². The number of hydrogen-bond acceptors (Lipinski definition) is 4. The molecule has 136 valence electrons. The monoisotopic (exact) mass is 370 g/mol. The molecule has 1 aliphatic carbocycles. The van der Waals surface area contributed by atoms with Gasteiger partial charge in [-0.15, -0.1) is 12.4 Å². The smallest absolute Gasteiger partial charge is 0.188 e. The standard InChI is InChI=1S/C17H20F2N4O.ClH/c1-2-23-15(21-16(22-23)17(19)7-8-17)13-3-5-14(6-4-13)24-11-12(9-18)10-20;/h3-6,9H,2,7-8,10-11,20H2,1H3;1H/b12-9+;. The van der Waals surface area contributed by atoms with Crippen LogP contribution in [0.3, 0.4) is 0 Å². The maximum atomic E-state index is 14.2. The zero-order chi connectivity index (χ0) is 17.2. The highest BCUT2D eigenvalue weighted by Gasteiger charge is 2.49. The number of nitrogens with zero attached hydrogens (tertiary/aromatic N) is 3. The third kappa shape index (κ3) is 4.16. The number of nitrogens with two attached hydrogens (primary N) is 1. The molecule has 0 radical (unpaired) electrons. The molecular weight excluding hydrogens is 350 g/mol. The van der Waals surface area contributed by atoms with Gasteiger partial charge in [0.05, 0.1) is 6.33 Å². The zero-order valence-electron chi connectivity index (χ0n) is 13.9. The van der Waals surface area contributed by atoms with Crippen LogP contribution in [0.1, 0.15) is 25.6 Å². The van der Waals surface area contributed by atoms with E-state index in [1.54, 1.807) is 16.8 Å². The van der Waals surface area contributed by atoms with Gasteiger partial charge in [-0.1, -0.05) is 0 Å². The van der Waals surface area contributed by atoms with Crippen molar-refractivity contribution >= 4 is 12.4 Å². The van der Waals surface area contributed by atoms with Gasteiger partial charge in [0.1, 0.15) is 12.4 Å². The third-order valence-corrected chi connectivity index (χ3v) is 4.01. The van der Waals surface area contributed by atoms with Gasteiger partial charge in [-0.3, -0.25) is 0 Å². The fourth-order valence-corrected chi connectivity index (χ4v) is 2.31. The van der Waals surface area contributed by atoms with Crippen LogP contribution in [0.5, 0.6) is 5.75 Å². The van der Waals surface area contributed by atoms with E-state index in [9.17, 15) is 8.78 Å². The molecule has 1 aliphatic rings. The van der Waals surface area contributed by atoms with Crippen LogP contribution < -0.4 is 10.5 Å². The molecule has 1 saturated carbocycles. The van der Waals surface area contributed by atoms with Crippen molar-refractivity contribution in [2.24, 2.45) is 5.73 Å². The Balaban J connectivity index is 0.00000225. The van der Waals surface area contributed by atoms with Crippen molar-refractivity contribution in [1.29, 1.82) is 0 Å². The number of aromatic nitrogens is 3. The molecule has 2 aromatic rings. The highest BCUT2D eigenvalue weighted by atomic mass is 35.5. The van der Waals surface area contributed by atoms with Crippen molar-refractivity contribution in [1.82, 2.24) is 14.8 Å². The molecule has 1 fully saturated rings. The average Bonchev–Trinajstić information content (AvgIpc) is 3.21. The van der Waals surface area contributed by atoms with Crippen LogP contribution >= 0.6 is 12.4 Å². The largest absolute Gasteiger partial charge is 0.489 e. The number of benzene rings is 1. The number of hydrogen-bond donors (Lipinski definition) is 1. The lowest BCUT2D eigenvalue weighted by molar-refractivity contribution is 0.299. The summed E-state index contributed by atoms with van der Waals surface area (Å²) in [5, 5.41) is 4.28. The van der Waals surface area contributed by atoms with Crippen molar-refractivity contribution in [2.45, 2.75) is 32.0 Å². The molecule has 1 aromatic heterocycles. The Labute approximate surface area is 151 Å². The second-order valence-corrected chi connectivity index (χ2v) is 5.82. The molecule has 5 nitrogen and oxygen atoms in total. The summed E-state index contributed by atoms with van der Waals surface area (Å²) in [6.07, 6.45) is 1.43. The van der Waals surface area contributed by atoms with Gasteiger partial charge in [0.15, 0.2) is 17.3 Å². The summed E-state index contributed by atoms with van der Waals surface area (Å²) in [7, 11) is 0. The lowest BCUT2D eigenvalue weighted by Crippen LogP contribution is -2.10. The first kappa shape index (κ1) is 19.3. The third-order valence-electron chi connectivity index (χ3n) is 4.01. The Morgan fingerprint density at radius 3 is 2.56 bits per heavy atom. The molecule has 1 heterocycles. The van der Waals surface area contributed by atoms with E-state index >= 15 is 0 Å². The van der Waals surface area contributed by atoms with E-state index in [0.29, 0.717) is 42.9 Å². The van der Waals surface area contributed by atoms with Gasteiger partial charge in [-0.05, 0) is 44.0 Å². The van der Waals surface area contributed by atoms with E-state index in [1.165, 1.54) is 0 Å². The molecule has 3 rings (SSSR count). The van der Waals surface area contributed by atoms with E-state index in [0.717, 1.165) is 5.56 Å². The minimum absolute atomic E-state index is 0. The molecule has 0 amide bonds. The number of ether oxygens (including phenoxy) is 1. The van der Waals surface area contributed by atoms with E-state index in [1.807, 2.05) is 19.1 Å². The van der Waals surface area contributed by atoms with Crippen LogP contribution in [-0.4, -0.2) is 27.9 Å². The van der Waals surface area contributed by atoms with Crippen LogP contribution in [0.2, 0.25) is 0 Å². The Morgan fingerprint density at radius 2 is 2.04 bits per heavy atom. The van der Waals surface area contributed by atoms with Gasteiger partial charge in [0.25, 0.3) is 0 Å². The normalized spacial score (nSPS) is 15.6. The van der Waals surface area contributed by atoms with Gasteiger partial charge in [-0.25, -0.2) is 18.4 Å². The minimum atomic E-state index is -1.35. The summed E-state index contributed by atoms with van der Waals surface area (Å²) < 4.78 is 33.8. The SMILES string of the molecule is CCn1nc(C2(F)CC2)nc1-c1ccc(OC/C(=C/F)CN)cc1.Cl. The highest BCUT2D eigenvalue weighted by molar-refractivity contribution is 5.85. The Kier molecular flexibility index (Phi) is 6.13. The van der Waals surface area contributed by atoms with E-state index in [2.05, 4.69) is 10.1 Å². The molecular formula is C17H21ClF2N4O. The summed E-state index contributed by atoms with van der Waals surface area (Å²) in [5.41, 5.74) is 5.24. The molecule has 0 bridgehead atoms. The van der Waals surface area contributed by atoms with Gasteiger partial charge in [0.2, 0.25) is 0 Å². The van der Waals surface area contributed by atoms with Gasteiger partial charge >= 0.3 is 0 Å². The van der Waals surface area contributed by atoms with Crippen molar-refractivity contribution < 1.29 is 13.5 Å². The van der Waals surface area contributed by atoms with Crippen LogP contribution in [0, 0.1) is 0 Å². The first-order valence-corrected chi connectivity index (χ1v) is 7.95. The second-order valence-electron chi connectivity index (χ2n) is 5.82. The molecule has 25 heavy (non-hydrogen) atoms. The summed E-state index contributed by atoms with van der Waals surface area (Å²) >= 11 is 0. The molecule has 0 spiro atoms. The van der Waals surface area contributed by atoms with Crippen molar-refractivity contribution in [3.05, 3.63) is 42.0 Å². The number of aryl methyl sites for hydroxylation is 1. The quantitative estimate of drug-likeness (QED) is 0.809. The van der Waals surface area contributed by atoms with Crippen LogP contribution in [0.4, 0.5) is 8.78 Å². The number of rotatable bonds is 7. The van der Waals surface area contributed by atoms with Gasteiger partial charge in [0, 0.05) is 24.2 Å². The Hall–Kier alpha value is -1.99. The molecule has 0 saturated heterocycles. The molecule has 2 N–H and O–H groups in total. The second kappa shape index (κ2) is 7.93. The zero-order valence-corrected chi connectivity index (χ0v) is 14.7. The van der Waals surface area contributed by atoms with Crippen molar-refractivity contribution in [3.8, 4) is 17.1 Å². The average molecular weight is 371 g/mol. The number of alkyl halides is 1. The summed E-state index contributed by atoms with van der Waals surface area (Å²) in [6, 6.07) is 7.18. The first-order valence-electron chi connectivity index (χ1n) is 7.95. The van der Waals surface area contributed by atoms with Crippen LogP contribution in [0.25, 0.3) is 11.4 Å². The molecule has 1 aromatic carbocycles. The Morgan fingerprint density at radius 1 is 1.36 bits per heavy atom. The summed E-state index contributed by atoms with van der Waals surface area (Å²) in [4.78, 5) is 4.38. The summed E-state index contributed by atoms with van der Waals surface area (Å²) in [5.74, 6) is 1.49. The van der Waals surface area contributed by atoms with Crippen LogP contribution in [0.15, 0.2) is 36.2 Å². The van der Waals surface area contributed by atoms with Gasteiger partial charge in [-0.2, -0.15) is 5.10 Å². The van der Waals surface area contributed by atoms with E-state index in [4.69, 9.17) is 10.5 Å². The lowest BCUT2D eigenvalue weighted by Gasteiger charge is -2.08. The van der Waals surface area contributed by atoms with Crippen molar-refractivity contribution in [3.63, 3.8) is 0 Å². The summed E-state index contributed by atoms with van der Waals surface area (Å²) in [6.45, 7) is 2.76. The first-order chi connectivity index (χ1) is 11.6. The predicted molar refractivity (Wildman–Crippen MR) is 94.1 cm³/mol. The maximum Gasteiger partial charge on any atom is 0.188 e. The lowest BCUT2D eigenvalue weighted by atomic mass is 10.2. The van der Waals surface area contributed by atoms with Crippen molar-refractivity contribution in [2.75, 3.05) is 13.2 Å². The predicted octanol–water partition coefficient (Wildman–Crippen LogP) is 3.54. The molecule has 0 unspecified atom stereocenters. The fraction of sp³-hybridized carbons (Fsp3) is 0.412. The maximum absolute atomic E-state index is 14.2. The topological polar surface area (TPSA) is 66.0 Å². The van der Waals surface area contributed by atoms with E-state index in [-0.39, 0.29) is 31.4 Å². The highest BCUT2D eigenvalue weighted by Crippen LogP contribution is 2.48. The van der Waals surface area contributed by atoms with Crippen LogP contribution in [-0.2, 0) is 12.2 Å². The van der Waals surface area contributed by atoms with Gasteiger partial charge < -0.3 is 10.5 Å². The fourth-order valence-electron chi connectivity index (χ4n) is 2.31. The minimum Gasteiger partial charge on any atom is -0.489 e. The number of halogens is 3. The Bertz CT molecular complexity index is 742.